The van der Waals surface area contributed by atoms with Gasteiger partial charge in [-0.1, -0.05) is 6.92 Å². The Hall–Kier alpha value is -3.88. The Labute approximate surface area is 272 Å². The SMILES string of the molecule is CCCOc1ccc(F)c(S(=O)(=O)Nc2cc(F)c(-c3nn(C(C)C)c4c3c(N)ncc4[C@H]3CC[C@H](NCCOC)CC3)cc2F)c1. The van der Waals surface area contributed by atoms with Gasteiger partial charge in [-0.3, -0.25) is 9.40 Å². The van der Waals surface area contributed by atoms with Crippen molar-refractivity contribution in [2.75, 3.05) is 37.3 Å². The molecule has 14 heteroatoms. The first kappa shape index (κ1) is 34.5. The number of halogens is 3. The van der Waals surface area contributed by atoms with Crippen LogP contribution in [0.5, 0.6) is 5.75 Å². The third kappa shape index (κ3) is 7.34. The van der Waals surface area contributed by atoms with Crippen molar-refractivity contribution in [3.05, 3.63) is 59.5 Å². The summed E-state index contributed by atoms with van der Waals surface area (Å²) in [7, 11) is -2.98. The molecule has 254 valence electrons. The maximum Gasteiger partial charge on any atom is 0.265 e. The standard InChI is InChI=1S/C33H41F3N6O4S/c1-5-13-46-22-10-11-25(34)29(15-22)47(43,44)41-28-17-26(35)23(16-27(28)36)31-30-32(42(40-31)19(2)3)24(18-39-33(30)37)20-6-8-21(9-7-20)38-12-14-45-4/h10-11,15-21,38,41H,5-9,12-14H2,1-4H3,(H2,37,39)/t20-,21-. The molecule has 0 atom stereocenters. The van der Waals surface area contributed by atoms with Gasteiger partial charge in [0.2, 0.25) is 0 Å². The van der Waals surface area contributed by atoms with E-state index in [0.717, 1.165) is 56.0 Å². The summed E-state index contributed by atoms with van der Waals surface area (Å²) in [6, 6.07) is 5.03. The minimum absolute atomic E-state index is 0.0908. The molecule has 0 amide bonds. The summed E-state index contributed by atoms with van der Waals surface area (Å²) in [6.45, 7) is 7.44. The summed E-state index contributed by atoms with van der Waals surface area (Å²) in [6.07, 6.45) is 6.12. The van der Waals surface area contributed by atoms with Gasteiger partial charge in [0.15, 0.2) is 0 Å². The fraction of sp³-hybridized carbons (Fsp3) is 0.455. The van der Waals surface area contributed by atoms with Crippen LogP contribution in [0, 0.1) is 17.5 Å². The Bertz CT molecular complexity index is 1840. The number of benzene rings is 2. The van der Waals surface area contributed by atoms with Crippen molar-refractivity contribution in [3.8, 4) is 17.0 Å². The van der Waals surface area contributed by atoms with E-state index in [1.165, 1.54) is 6.07 Å². The van der Waals surface area contributed by atoms with Gasteiger partial charge in [-0.05, 0) is 75.6 Å². The predicted octanol–water partition coefficient (Wildman–Crippen LogP) is 6.53. The second-order valence-electron chi connectivity index (χ2n) is 12.1. The highest BCUT2D eigenvalue weighted by Gasteiger charge is 2.30. The van der Waals surface area contributed by atoms with Crippen LogP contribution in [0.1, 0.15) is 70.4 Å². The van der Waals surface area contributed by atoms with Gasteiger partial charge < -0.3 is 20.5 Å². The molecular weight excluding hydrogens is 633 g/mol. The molecule has 1 aliphatic carbocycles. The van der Waals surface area contributed by atoms with Gasteiger partial charge in [0.25, 0.3) is 10.0 Å². The van der Waals surface area contributed by atoms with E-state index in [9.17, 15) is 12.8 Å². The van der Waals surface area contributed by atoms with Crippen LogP contribution in [0.2, 0.25) is 0 Å². The fourth-order valence-corrected chi connectivity index (χ4v) is 7.21. The lowest BCUT2D eigenvalue weighted by Crippen LogP contribution is -2.34. The number of nitrogens with one attached hydrogen (secondary N) is 2. The lowest BCUT2D eigenvalue weighted by atomic mass is 9.81. The zero-order chi connectivity index (χ0) is 33.9. The first-order valence-electron chi connectivity index (χ1n) is 15.8. The Balaban J connectivity index is 1.49. The molecule has 0 bridgehead atoms. The Morgan fingerprint density at radius 3 is 2.47 bits per heavy atom. The molecule has 4 N–H and O–H groups in total. The number of methoxy groups -OCH3 is 1. The second kappa shape index (κ2) is 14.5. The molecule has 0 spiro atoms. The predicted molar refractivity (Wildman–Crippen MR) is 176 cm³/mol. The smallest absolute Gasteiger partial charge is 0.265 e. The van der Waals surface area contributed by atoms with Crippen molar-refractivity contribution < 1.29 is 31.1 Å². The van der Waals surface area contributed by atoms with Crippen molar-refractivity contribution in [1.82, 2.24) is 20.1 Å². The summed E-state index contributed by atoms with van der Waals surface area (Å²) in [4.78, 5) is 3.68. The number of pyridine rings is 1. The van der Waals surface area contributed by atoms with Crippen LogP contribution < -0.4 is 20.5 Å². The molecule has 47 heavy (non-hydrogen) atoms. The van der Waals surface area contributed by atoms with E-state index in [1.807, 2.05) is 25.5 Å². The number of nitrogens with two attached hydrogens (primary N) is 1. The maximum atomic E-state index is 15.8. The van der Waals surface area contributed by atoms with Crippen LogP contribution in [0.25, 0.3) is 22.2 Å². The molecule has 0 radical (unpaired) electrons. The number of fused-ring (bicyclic) bond motifs is 1. The van der Waals surface area contributed by atoms with Crippen LogP contribution in [0.3, 0.4) is 0 Å². The Morgan fingerprint density at radius 1 is 1.04 bits per heavy atom. The first-order chi connectivity index (χ1) is 22.4. The molecule has 2 aromatic heterocycles. The van der Waals surface area contributed by atoms with Crippen LogP contribution >= 0.6 is 0 Å². The average molecular weight is 675 g/mol. The molecule has 0 aliphatic heterocycles. The fourth-order valence-electron chi connectivity index (χ4n) is 6.06. The number of nitrogen functional groups attached to an aromatic ring is 1. The molecule has 4 aromatic rings. The highest BCUT2D eigenvalue weighted by atomic mass is 32.2. The number of rotatable bonds is 13. The summed E-state index contributed by atoms with van der Waals surface area (Å²) < 4.78 is 86.5. The number of anilines is 2. The van der Waals surface area contributed by atoms with Crippen molar-refractivity contribution in [2.45, 2.75) is 75.8 Å². The zero-order valence-corrected chi connectivity index (χ0v) is 27.8. The molecule has 2 aromatic carbocycles. The molecule has 0 unspecified atom stereocenters. The summed E-state index contributed by atoms with van der Waals surface area (Å²) in [5, 5.41) is 8.62. The Kier molecular flexibility index (Phi) is 10.6. The largest absolute Gasteiger partial charge is 0.494 e. The Morgan fingerprint density at radius 2 is 1.79 bits per heavy atom. The van der Waals surface area contributed by atoms with Gasteiger partial charge in [0.1, 0.15) is 39.6 Å². The highest BCUT2D eigenvalue weighted by Crippen LogP contribution is 2.42. The first-order valence-corrected chi connectivity index (χ1v) is 17.3. The van der Waals surface area contributed by atoms with Gasteiger partial charge in [-0.2, -0.15) is 5.10 Å². The quantitative estimate of drug-likeness (QED) is 0.136. The molecule has 0 saturated heterocycles. The van der Waals surface area contributed by atoms with Crippen LogP contribution in [-0.4, -0.2) is 56.1 Å². The van der Waals surface area contributed by atoms with E-state index < -0.39 is 38.1 Å². The van der Waals surface area contributed by atoms with Gasteiger partial charge >= 0.3 is 0 Å². The molecule has 5 rings (SSSR count). The second-order valence-corrected chi connectivity index (χ2v) is 13.7. The number of aromatic nitrogens is 3. The molecule has 1 fully saturated rings. The molecule has 1 aliphatic rings. The van der Waals surface area contributed by atoms with Crippen molar-refractivity contribution in [1.29, 1.82) is 0 Å². The molecule has 2 heterocycles. The molecule has 1 saturated carbocycles. The monoisotopic (exact) mass is 674 g/mol. The summed E-state index contributed by atoms with van der Waals surface area (Å²) >= 11 is 0. The summed E-state index contributed by atoms with van der Waals surface area (Å²) in [5.74, 6) is -2.70. The number of hydrogen-bond donors (Lipinski definition) is 3. The van der Waals surface area contributed by atoms with Crippen molar-refractivity contribution in [2.24, 2.45) is 0 Å². The lowest BCUT2D eigenvalue weighted by molar-refractivity contribution is 0.191. The molecular formula is C33H41F3N6O4S. The van der Waals surface area contributed by atoms with E-state index in [0.29, 0.717) is 36.0 Å². The zero-order valence-electron chi connectivity index (χ0n) is 26.9. The number of nitrogens with zero attached hydrogens (tertiary/aromatic N) is 3. The van der Waals surface area contributed by atoms with E-state index in [4.69, 9.17) is 20.3 Å². The molecule has 10 nitrogen and oxygen atoms in total. The van der Waals surface area contributed by atoms with Crippen LogP contribution in [0.15, 0.2) is 41.4 Å². The van der Waals surface area contributed by atoms with E-state index in [-0.39, 0.29) is 41.4 Å². The van der Waals surface area contributed by atoms with Gasteiger partial charge in [-0.25, -0.2) is 26.6 Å². The van der Waals surface area contributed by atoms with E-state index in [2.05, 4.69) is 10.3 Å². The number of sulfonamides is 1. The maximum absolute atomic E-state index is 15.8. The lowest BCUT2D eigenvalue weighted by Gasteiger charge is -2.30. The van der Waals surface area contributed by atoms with Gasteiger partial charge in [0, 0.05) is 49.6 Å². The minimum Gasteiger partial charge on any atom is -0.494 e. The topological polar surface area (TPSA) is 133 Å². The van der Waals surface area contributed by atoms with Crippen LogP contribution in [-0.2, 0) is 14.8 Å². The van der Waals surface area contributed by atoms with Gasteiger partial charge in [-0.15, -0.1) is 0 Å². The normalized spacial score (nSPS) is 17.0. The number of ether oxygens (including phenoxy) is 2. The third-order valence-electron chi connectivity index (χ3n) is 8.40. The van der Waals surface area contributed by atoms with E-state index in [1.54, 1.807) is 18.0 Å². The van der Waals surface area contributed by atoms with Gasteiger partial charge in [0.05, 0.1) is 29.8 Å². The van der Waals surface area contributed by atoms with Crippen molar-refractivity contribution >= 4 is 32.4 Å². The third-order valence-corrected chi connectivity index (χ3v) is 9.78. The number of hydrogen-bond acceptors (Lipinski definition) is 8. The average Bonchev–Trinajstić information content (AvgIpc) is 3.44. The van der Waals surface area contributed by atoms with E-state index >= 15 is 8.78 Å². The highest BCUT2D eigenvalue weighted by molar-refractivity contribution is 7.92. The summed E-state index contributed by atoms with van der Waals surface area (Å²) in [5.41, 5.74) is 7.21. The minimum atomic E-state index is -4.66. The van der Waals surface area contributed by atoms with Crippen molar-refractivity contribution in [3.63, 3.8) is 0 Å². The van der Waals surface area contributed by atoms with Crippen LogP contribution in [0.4, 0.5) is 24.7 Å².